The fourth-order valence-electron chi connectivity index (χ4n) is 1.05. The first-order valence-corrected chi connectivity index (χ1v) is 5.45. The second-order valence-electron chi connectivity index (χ2n) is 3.15. The first kappa shape index (κ1) is 13.5. The first-order valence-electron chi connectivity index (χ1n) is 4.66. The average molecular weight is 303 g/mol. The Balaban J connectivity index is 2.51. The highest BCUT2D eigenvalue weighted by Gasteiger charge is 2.06. The summed E-state index contributed by atoms with van der Waals surface area (Å²) in [4.78, 5) is 25.9. The third kappa shape index (κ3) is 4.41. The topological polar surface area (TPSA) is 87.7 Å². The Kier molecular flexibility index (Phi) is 4.92. The molecule has 17 heavy (non-hydrogen) atoms. The van der Waals surface area contributed by atoms with Crippen LogP contribution in [0.2, 0.25) is 0 Å². The first-order chi connectivity index (χ1) is 8.00. The minimum Gasteiger partial charge on any atom is -0.479 e. The molecule has 0 aromatic heterocycles. The molecule has 0 aliphatic heterocycles. The second-order valence-corrected chi connectivity index (χ2v) is 4.01. The smallest absolute Gasteiger partial charge is 0.343 e. The van der Waals surface area contributed by atoms with E-state index < -0.39 is 18.6 Å². The van der Waals surface area contributed by atoms with E-state index in [1.54, 1.807) is 12.1 Å². The summed E-state index contributed by atoms with van der Waals surface area (Å²) in [6.45, 7) is 1.24. The van der Waals surface area contributed by atoms with Gasteiger partial charge >= 0.3 is 12.0 Å². The van der Waals surface area contributed by atoms with E-state index in [9.17, 15) is 9.59 Å². The molecule has 0 bridgehead atoms. The van der Waals surface area contributed by atoms with Crippen molar-refractivity contribution in [2.24, 2.45) is 0 Å². The van der Waals surface area contributed by atoms with E-state index in [1.807, 2.05) is 18.5 Å². The molecule has 0 unspecified atom stereocenters. The van der Waals surface area contributed by atoms with Crippen LogP contribution in [0, 0.1) is 6.92 Å². The molecule has 0 saturated carbocycles. The molecule has 3 N–H and O–H groups in total. The molecule has 0 fully saturated rings. The number of carboxylic acids is 1. The lowest BCUT2D eigenvalue weighted by molar-refractivity contribution is -0.143. The lowest BCUT2D eigenvalue weighted by Gasteiger charge is -2.10. The number of rotatable bonds is 4. The maximum Gasteiger partial charge on any atom is 0.343 e. The third-order valence-electron chi connectivity index (χ3n) is 1.88. The maximum atomic E-state index is 11.3. The van der Waals surface area contributed by atoms with Crippen LogP contribution in [0.15, 0.2) is 22.7 Å². The van der Waals surface area contributed by atoms with Crippen LogP contribution in [0.3, 0.4) is 0 Å². The molecule has 0 radical (unpaired) electrons. The van der Waals surface area contributed by atoms with Gasteiger partial charge in [0, 0.05) is 10.2 Å². The predicted octanol–water partition coefficient (Wildman–Crippen LogP) is 1.90. The Hall–Kier alpha value is -1.60. The van der Waals surface area contributed by atoms with Crippen molar-refractivity contribution < 1.29 is 19.5 Å². The van der Waals surface area contributed by atoms with Gasteiger partial charge in [-0.2, -0.15) is 0 Å². The highest BCUT2D eigenvalue weighted by molar-refractivity contribution is 9.10. The van der Waals surface area contributed by atoms with Crippen molar-refractivity contribution in [2.75, 3.05) is 11.9 Å². The molecule has 6 nitrogen and oxygen atoms in total. The van der Waals surface area contributed by atoms with Gasteiger partial charge in [0.25, 0.3) is 0 Å². The number of hydrogen-bond acceptors (Lipinski definition) is 3. The molecule has 1 aromatic carbocycles. The van der Waals surface area contributed by atoms with Gasteiger partial charge in [-0.1, -0.05) is 22.0 Å². The van der Waals surface area contributed by atoms with Gasteiger partial charge in [-0.3, -0.25) is 4.84 Å². The van der Waals surface area contributed by atoms with E-state index in [0.717, 1.165) is 10.0 Å². The van der Waals surface area contributed by atoms with Crippen LogP contribution < -0.4 is 10.8 Å². The normalized spacial score (nSPS) is 9.76. The van der Waals surface area contributed by atoms with Gasteiger partial charge in [-0.15, -0.1) is 0 Å². The predicted molar refractivity (Wildman–Crippen MR) is 64.6 cm³/mol. The lowest BCUT2D eigenvalue weighted by Crippen LogP contribution is -2.31. The van der Waals surface area contributed by atoms with Crippen LogP contribution >= 0.6 is 15.9 Å². The Morgan fingerprint density at radius 1 is 1.47 bits per heavy atom. The van der Waals surface area contributed by atoms with Crippen molar-refractivity contribution in [1.82, 2.24) is 5.48 Å². The molecule has 0 aliphatic carbocycles. The lowest BCUT2D eigenvalue weighted by atomic mass is 10.2. The Morgan fingerprint density at radius 3 is 2.82 bits per heavy atom. The van der Waals surface area contributed by atoms with Crippen LogP contribution in [0.25, 0.3) is 0 Å². The number of carboxylic acid groups (broad SMARTS) is 1. The van der Waals surface area contributed by atoms with Crippen LogP contribution in [0.4, 0.5) is 10.5 Å². The average Bonchev–Trinajstić information content (AvgIpc) is 2.24. The maximum absolute atomic E-state index is 11.3. The standard InChI is InChI=1S/C10H11BrN2O4/c1-6-7(11)3-2-4-8(6)12-10(16)13-17-5-9(14)15/h2-4H,5H2,1H3,(H,14,15)(H2,12,13,16). The molecular formula is C10H11BrN2O4. The fourth-order valence-corrected chi connectivity index (χ4v) is 1.42. The number of halogens is 1. The van der Waals surface area contributed by atoms with Crippen LogP contribution in [0.1, 0.15) is 5.56 Å². The van der Waals surface area contributed by atoms with Gasteiger partial charge in [0.05, 0.1) is 0 Å². The molecule has 1 aromatic rings. The van der Waals surface area contributed by atoms with Gasteiger partial charge in [0.1, 0.15) is 0 Å². The third-order valence-corrected chi connectivity index (χ3v) is 2.74. The van der Waals surface area contributed by atoms with E-state index in [0.29, 0.717) is 5.69 Å². The fraction of sp³-hybridized carbons (Fsp3) is 0.200. The van der Waals surface area contributed by atoms with Crippen LogP contribution in [-0.2, 0) is 9.63 Å². The summed E-state index contributed by atoms with van der Waals surface area (Å²) in [5.41, 5.74) is 3.43. The largest absolute Gasteiger partial charge is 0.479 e. The van der Waals surface area contributed by atoms with Gasteiger partial charge in [-0.25, -0.2) is 15.1 Å². The minimum absolute atomic E-state index is 0.592. The molecule has 2 amide bonds. The van der Waals surface area contributed by atoms with Gasteiger partial charge in [0.2, 0.25) is 0 Å². The summed E-state index contributed by atoms with van der Waals surface area (Å²) in [6, 6.07) is 4.70. The monoisotopic (exact) mass is 302 g/mol. The summed E-state index contributed by atoms with van der Waals surface area (Å²) < 4.78 is 0.863. The van der Waals surface area contributed by atoms with E-state index in [2.05, 4.69) is 26.1 Å². The number of carbonyl (C=O) groups excluding carboxylic acids is 1. The van der Waals surface area contributed by atoms with Crippen LogP contribution in [0.5, 0.6) is 0 Å². The number of hydrogen-bond donors (Lipinski definition) is 3. The van der Waals surface area contributed by atoms with E-state index in [-0.39, 0.29) is 0 Å². The number of anilines is 1. The number of carbonyl (C=O) groups is 2. The molecule has 0 heterocycles. The van der Waals surface area contributed by atoms with Gasteiger partial charge < -0.3 is 10.4 Å². The van der Waals surface area contributed by atoms with Gasteiger partial charge in [-0.05, 0) is 24.6 Å². The number of nitrogens with one attached hydrogen (secondary N) is 2. The van der Waals surface area contributed by atoms with Crippen molar-refractivity contribution in [2.45, 2.75) is 6.92 Å². The molecular weight excluding hydrogens is 292 g/mol. The highest BCUT2D eigenvalue weighted by atomic mass is 79.9. The van der Waals surface area contributed by atoms with Crippen molar-refractivity contribution in [3.63, 3.8) is 0 Å². The summed E-state index contributed by atoms with van der Waals surface area (Å²) in [5, 5.41) is 10.8. The van der Waals surface area contributed by atoms with E-state index >= 15 is 0 Å². The van der Waals surface area contributed by atoms with E-state index in [4.69, 9.17) is 5.11 Å². The Bertz CT molecular complexity index is 436. The summed E-state index contributed by atoms with van der Waals surface area (Å²) in [6.07, 6.45) is 0. The van der Waals surface area contributed by atoms with E-state index in [1.165, 1.54) is 0 Å². The van der Waals surface area contributed by atoms with Crippen molar-refractivity contribution >= 4 is 33.6 Å². The van der Waals surface area contributed by atoms with Crippen LogP contribution in [-0.4, -0.2) is 23.7 Å². The summed E-state index contributed by atoms with van der Waals surface area (Å²) >= 11 is 3.33. The second kappa shape index (κ2) is 6.21. The zero-order chi connectivity index (χ0) is 12.8. The number of urea groups is 1. The van der Waals surface area contributed by atoms with Crippen molar-refractivity contribution in [1.29, 1.82) is 0 Å². The number of hydroxylamine groups is 1. The molecule has 0 aliphatic rings. The number of amides is 2. The molecule has 1 rings (SSSR count). The molecule has 0 spiro atoms. The van der Waals surface area contributed by atoms with Crippen molar-refractivity contribution in [3.8, 4) is 0 Å². The SMILES string of the molecule is Cc1c(Br)cccc1NC(=O)NOCC(=O)O. The highest BCUT2D eigenvalue weighted by Crippen LogP contribution is 2.23. The molecule has 7 heteroatoms. The summed E-state index contributed by atoms with van der Waals surface area (Å²) in [5.74, 6) is -1.16. The van der Waals surface area contributed by atoms with Crippen molar-refractivity contribution in [3.05, 3.63) is 28.2 Å². The minimum atomic E-state index is -1.16. The quantitative estimate of drug-likeness (QED) is 0.741. The van der Waals surface area contributed by atoms with Gasteiger partial charge in [0.15, 0.2) is 6.61 Å². The molecule has 0 atom stereocenters. The summed E-state index contributed by atoms with van der Waals surface area (Å²) in [7, 11) is 0. The Labute approximate surface area is 106 Å². The number of benzene rings is 1. The molecule has 0 saturated heterocycles. The Morgan fingerprint density at radius 2 is 2.18 bits per heavy atom. The molecule has 92 valence electrons. The number of aliphatic carboxylic acids is 1. The zero-order valence-electron chi connectivity index (χ0n) is 8.99. The zero-order valence-corrected chi connectivity index (χ0v) is 10.6.